The standard InChI is InChI=1S/C17H15N5OS/c18-10-12(16-21-20-15-6-2-1-3-7-22(15)16)9-13-11-24-17(19-13)14-5-4-8-23-14/h4-5,8-9,11H,1-3,6-7H2/b12-9-. The van der Waals surface area contributed by atoms with Crippen LogP contribution < -0.4 is 0 Å². The molecule has 1 aliphatic heterocycles. The Bertz CT molecular complexity index is 913. The first kappa shape index (κ1) is 14.8. The minimum atomic E-state index is 0.493. The molecule has 3 aromatic heterocycles. The largest absolute Gasteiger partial charge is 0.462 e. The zero-order valence-electron chi connectivity index (χ0n) is 13.0. The van der Waals surface area contributed by atoms with E-state index in [9.17, 15) is 5.26 Å². The Labute approximate surface area is 143 Å². The van der Waals surface area contributed by atoms with Gasteiger partial charge in [0.1, 0.15) is 11.9 Å². The predicted octanol–water partition coefficient (Wildman–Crippen LogP) is 3.79. The molecule has 6 nitrogen and oxygen atoms in total. The average molecular weight is 337 g/mol. The second kappa shape index (κ2) is 6.42. The monoisotopic (exact) mass is 337 g/mol. The zero-order chi connectivity index (χ0) is 16.4. The van der Waals surface area contributed by atoms with Crippen LogP contribution in [0.15, 0.2) is 28.2 Å². The molecule has 0 aromatic carbocycles. The summed E-state index contributed by atoms with van der Waals surface area (Å²) in [6.07, 6.45) is 7.72. The number of allylic oxidation sites excluding steroid dienone is 1. The summed E-state index contributed by atoms with van der Waals surface area (Å²) in [7, 11) is 0. The molecule has 120 valence electrons. The lowest BCUT2D eigenvalue weighted by atomic mass is 10.2. The molecule has 0 bridgehead atoms. The first-order valence-electron chi connectivity index (χ1n) is 7.89. The highest BCUT2D eigenvalue weighted by atomic mass is 32.1. The van der Waals surface area contributed by atoms with Crippen molar-refractivity contribution < 1.29 is 4.42 Å². The fourth-order valence-electron chi connectivity index (χ4n) is 2.84. The van der Waals surface area contributed by atoms with Gasteiger partial charge in [-0.15, -0.1) is 21.5 Å². The summed E-state index contributed by atoms with van der Waals surface area (Å²) in [6, 6.07) is 5.95. The second-order valence-corrected chi connectivity index (χ2v) is 6.48. The minimum absolute atomic E-state index is 0.493. The lowest BCUT2D eigenvalue weighted by molar-refractivity contribution is 0.582. The minimum Gasteiger partial charge on any atom is -0.462 e. The Hall–Kier alpha value is -2.72. The molecule has 4 heterocycles. The van der Waals surface area contributed by atoms with E-state index in [4.69, 9.17) is 4.42 Å². The maximum absolute atomic E-state index is 9.58. The molecule has 0 amide bonds. The summed E-state index contributed by atoms with van der Waals surface area (Å²) < 4.78 is 7.43. The number of nitriles is 1. The van der Waals surface area contributed by atoms with Gasteiger partial charge in [0.15, 0.2) is 16.6 Å². The van der Waals surface area contributed by atoms with E-state index in [0.717, 1.165) is 48.1 Å². The van der Waals surface area contributed by atoms with Crippen LogP contribution in [0.25, 0.3) is 22.4 Å². The normalized spacial score (nSPS) is 14.9. The summed E-state index contributed by atoms with van der Waals surface area (Å²) in [6.45, 7) is 0.866. The first-order valence-corrected chi connectivity index (χ1v) is 8.77. The number of thiazole rings is 1. The van der Waals surface area contributed by atoms with Crippen LogP contribution in [0.3, 0.4) is 0 Å². The van der Waals surface area contributed by atoms with E-state index in [0.29, 0.717) is 11.4 Å². The molecule has 0 atom stereocenters. The number of hydrogen-bond donors (Lipinski definition) is 0. The van der Waals surface area contributed by atoms with Gasteiger partial charge in [0.2, 0.25) is 0 Å². The van der Waals surface area contributed by atoms with Crippen molar-refractivity contribution in [1.29, 1.82) is 5.26 Å². The van der Waals surface area contributed by atoms with Crippen molar-refractivity contribution >= 4 is 23.0 Å². The first-order chi connectivity index (χ1) is 11.8. The van der Waals surface area contributed by atoms with E-state index in [1.165, 1.54) is 17.8 Å². The molecule has 0 fully saturated rings. The molecule has 0 spiro atoms. The molecule has 0 N–H and O–H groups in total. The molecular weight excluding hydrogens is 322 g/mol. The number of fused-ring (bicyclic) bond motifs is 1. The zero-order valence-corrected chi connectivity index (χ0v) is 13.8. The molecule has 0 saturated heterocycles. The Kier molecular flexibility index (Phi) is 3.97. The van der Waals surface area contributed by atoms with Crippen molar-refractivity contribution in [3.8, 4) is 16.8 Å². The fraction of sp³-hybridized carbons (Fsp3) is 0.294. The van der Waals surface area contributed by atoms with E-state index in [2.05, 4.69) is 25.8 Å². The summed E-state index contributed by atoms with van der Waals surface area (Å²) in [5, 5.41) is 20.8. The van der Waals surface area contributed by atoms with Crippen molar-refractivity contribution in [1.82, 2.24) is 19.7 Å². The fourth-order valence-corrected chi connectivity index (χ4v) is 3.59. The third kappa shape index (κ3) is 2.76. The van der Waals surface area contributed by atoms with Crippen LogP contribution in [0.1, 0.15) is 36.6 Å². The van der Waals surface area contributed by atoms with Crippen LogP contribution in [0.2, 0.25) is 0 Å². The molecule has 0 radical (unpaired) electrons. The second-order valence-electron chi connectivity index (χ2n) is 5.63. The number of nitrogens with zero attached hydrogens (tertiary/aromatic N) is 5. The van der Waals surface area contributed by atoms with Gasteiger partial charge >= 0.3 is 0 Å². The van der Waals surface area contributed by atoms with Gasteiger partial charge in [-0.25, -0.2) is 4.98 Å². The maximum atomic E-state index is 9.58. The topological polar surface area (TPSA) is 80.5 Å². The third-order valence-corrected chi connectivity index (χ3v) is 4.89. The van der Waals surface area contributed by atoms with Gasteiger partial charge in [-0.2, -0.15) is 5.26 Å². The Morgan fingerprint density at radius 1 is 1.33 bits per heavy atom. The summed E-state index contributed by atoms with van der Waals surface area (Å²) >= 11 is 1.49. The molecule has 0 saturated carbocycles. The number of furan rings is 1. The number of hydrogen-bond acceptors (Lipinski definition) is 6. The van der Waals surface area contributed by atoms with Gasteiger partial charge in [-0.3, -0.25) is 0 Å². The van der Waals surface area contributed by atoms with Crippen molar-refractivity contribution in [2.24, 2.45) is 0 Å². The van der Waals surface area contributed by atoms with E-state index in [1.807, 2.05) is 17.5 Å². The lowest BCUT2D eigenvalue weighted by Crippen LogP contribution is -2.05. The van der Waals surface area contributed by atoms with Crippen LogP contribution in [0, 0.1) is 11.3 Å². The van der Waals surface area contributed by atoms with Crippen molar-refractivity contribution in [3.05, 3.63) is 41.1 Å². The average Bonchev–Trinajstić information content (AvgIpc) is 3.31. The molecule has 1 aliphatic rings. The van der Waals surface area contributed by atoms with Gasteiger partial charge in [0.25, 0.3) is 0 Å². The van der Waals surface area contributed by atoms with E-state index < -0.39 is 0 Å². The van der Waals surface area contributed by atoms with Gasteiger partial charge in [0, 0.05) is 18.3 Å². The predicted molar refractivity (Wildman–Crippen MR) is 90.9 cm³/mol. The third-order valence-electron chi connectivity index (χ3n) is 4.02. The van der Waals surface area contributed by atoms with E-state index >= 15 is 0 Å². The highest BCUT2D eigenvalue weighted by molar-refractivity contribution is 7.13. The number of aryl methyl sites for hydroxylation is 1. The van der Waals surface area contributed by atoms with Crippen LogP contribution in [0.5, 0.6) is 0 Å². The highest BCUT2D eigenvalue weighted by Gasteiger charge is 2.18. The quantitative estimate of drug-likeness (QED) is 0.679. The molecular formula is C17H15N5OS. The van der Waals surface area contributed by atoms with Gasteiger partial charge < -0.3 is 8.98 Å². The maximum Gasteiger partial charge on any atom is 0.174 e. The highest BCUT2D eigenvalue weighted by Crippen LogP contribution is 2.26. The molecule has 3 aromatic rings. The molecule has 7 heteroatoms. The Morgan fingerprint density at radius 2 is 2.29 bits per heavy atom. The number of aromatic nitrogens is 4. The summed E-state index contributed by atoms with van der Waals surface area (Å²) in [5.74, 6) is 2.34. The van der Waals surface area contributed by atoms with Gasteiger partial charge in [-0.05, 0) is 31.1 Å². The van der Waals surface area contributed by atoms with Gasteiger partial charge in [0.05, 0.1) is 17.5 Å². The summed E-state index contributed by atoms with van der Waals surface area (Å²) in [4.78, 5) is 4.52. The van der Waals surface area contributed by atoms with Crippen LogP contribution in [-0.2, 0) is 13.0 Å². The van der Waals surface area contributed by atoms with Gasteiger partial charge in [-0.1, -0.05) is 6.42 Å². The van der Waals surface area contributed by atoms with Crippen molar-refractivity contribution in [2.45, 2.75) is 32.2 Å². The lowest BCUT2D eigenvalue weighted by Gasteiger charge is -2.05. The summed E-state index contributed by atoms with van der Waals surface area (Å²) in [5.41, 5.74) is 1.22. The van der Waals surface area contributed by atoms with E-state index in [-0.39, 0.29) is 0 Å². The Balaban J connectivity index is 1.68. The van der Waals surface area contributed by atoms with Crippen molar-refractivity contribution in [2.75, 3.05) is 0 Å². The van der Waals surface area contributed by atoms with E-state index in [1.54, 1.807) is 12.3 Å². The smallest absolute Gasteiger partial charge is 0.174 e. The van der Waals surface area contributed by atoms with Crippen molar-refractivity contribution in [3.63, 3.8) is 0 Å². The molecule has 0 unspecified atom stereocenters. The SMILES string of the molecule is N#C/C(=C/c1csc(-c2ccco2)n1)c1nnc2n1CCCCC2. The molecule has 4 rings (SSSR count). The molecule has 0 aliphatic carbocycles. The van der Waals surface area contributed by atoms with Crippen LogP contribution in [-0.4, -0.2) is 19.7 Å². The Morgan fingerprint density at radius 3 is 3.12 bits per heavy atom. The number of rotatable bonds is 3. The van der Waals surface area contributed by atoms with Crippen LogP contribution in [0.4, 0.5) is 0 Å². The molecule has 24 heavy (non-hydrogen) atoms. The van der Waals surface area contributed by atoms with Crippen LogP contribution >= 0.6 is 11.3 Å².